The van der Waals surface area contributed by atoms with Crippen LogP contribution in [0.15, 0.2) is 0 Å². The average molecular weight is 364 g/mol. The Morgan fingerprint density at radius 2 is 1.85 bits per heavy atom. The number of nitrogens with zero attached hydrogens (tertiary/aromatic N) is 3. The van der Waals surface area contributed by atoms with E-state index >= 15 is 0 Å². The Labute approximate surface area is 153 Å². The standard InChI is InChI=1S/C18H28N4O4/c1-12(23)20-7-8-26-18(9-20)10-21(11-18)17(25)15-6-5-13-3-2-4-14(19)16(24)22(13)15/h13-15H,2-11,19H2,1H3/t13-,14-,15-/m0/s1. The molecule has 4 saturated heterocycles. The molecule has 1 spiro atoms. The van der Waals surface area contributed by atoms with Crippen molar-refractivity contribution in [3.05, 3.63) is 0 Å². The van der Waals surface area contributed by atoms with Crippen LogP contribution in [-0.4, -0.2) is 88.9 Å². The normalized spacial score (nSPS) is 33.7. The van der Waals surface area contributed by atoms with Crippen LogP contribution < -0.4 is 5.73 Å². The highest BCUT2D eigenvalue weighted by Gasteiger charge is 2.53. The number of carbonyl (C=O) groups excluding carboxylic acids is 3. The lowest BCUT2D eigenvalue weighted by Gasteiger charge is -2.54. The monoisotopic (exact) mass is 364 g/mol. The molecule has 4 aliphatic heterocycles. The molecule has 0 radical (unpaired) electrons. The number of morpholine rings is 1. The summed E-state index contributed by atoms with van der Waals surface area (Å²) in [6.45, 7) is 4.19. The first-order valence-corrected chi connectivity index (χ1v) is 9.66. The van der Waals surface area contributed by atoms with Gasteiger partial charge in [-0.1, -0.05) is 0 Å². The molecule has 0 aromatic heterocycles. The van der Waals surface area contributed by atoms with Gasteiger partial charge in [0.2, 0.25) is 17.7 Å². The predicted molar refractivity (Wildman–Crippen MR) is 93.0 cm³/mol. The number of hydrogen-bond acceptors (Lipinski definition) is 5. The maximum absolute atomic E-state index is 13.0. The van der Waals surface area contributed by atoms with Crippen LogP contribution in [0, 0.1) is 0 Å². The van der Waals surface area contributed by atoms with Crippen molar-refractivity contribution < 1.29 is 19.1 Å². The smallest absolute Gasteiger partial charge is 0.245 e. The molecule has 3 atom stereocenters. The summed E-state index contributed by atoms with van der Waals surface area (Å²) in [5.74, 6) is -0.0281. The van der Waals surface area contributed by atoms with Crippen LogP contribution in [0.5, 0.6) is 0 Å². The van der Waals surface area contributed by atoms with Gasteiger partial charge < -0.3 is 25.2 Å². The molecule has 144 valence electrons. The molecule has 0 aromatic rings. The molecule has 4 rings (SSSR count). The highest BCUT2D eigenvalue weighted by atomic mass is 16.5. The van der Waals surface area contributed by atoms with Crippen molar-refractivity contribution in [2.75, 3.05) is 32.8 Å². The Hall–Kier alpha value is -1.67. The minimum absolute atomic E-state index is 0.00382. The quantitative estimate of drug-likeness (QED) is 0.665. The van der Waals surface area contributed by atoms with Crippen molar-refractivity contribution in [1.29, 1.82) is 0 Å². The largest absolute Gasteiger partial charge is 0.368 e. The minimum atomic E-state index is -0.484. The number of likely N-dealkylation sites (tertiary alicyclic amines) is 1. The summed E-state index contributed by atoms with van der Waals surface area (Å²) >= 11 is 0. The van der Waals surface area contributed by atoms with E-state index in [2.05, 4.69) is 0 Å². The third kappa shape index (κ3) is 2.89. The van der Waals surface area contributed by atoms with Crippen molar-refractivity contribution in [3.8, 4) is 0 Å². The van der Waals surface area contributed by atoms with Gasteiger partial charge in [0.25, 0.3) is 0 Å². The maximum Gasteiger partial charge on any atom is 0.245 e. The first-order chi connectivity index (χ1) is 12.4. The van der Waals surface area contributed by atoms with E-state index < -0.39 is 11.6 Å². The molecule has 0 saturated carbocycles. The number of hydrogen-bond donors (Lipinski definition) is 1. The van der Waals surface area contributed by atoms with Gasteiger partial charge in [-0.3, -0.25) is 14.4 Å². The highest BCUT2D eigenvalue weighted by molar-refractivity contribution is 5.91. The van der Waals surface area contributed by atoms with E-state index in [1.54, 1.807) is 21.6 Å². The predicted octanol–water partition coefficient (Wildman–Crippen LogP) is -0.683. The first kappa shape index (κ1) is 17.7. The second-order valence-electron chi connectivity index (χ2n) is 8.20. The second kappa shape index (κ2) is 6.49. The molecule has 8 nitrogen and oxygen atoms in total. The lowest BCUT2D eigenvalue weighted by atomic mass is 9.90. The molecule has 8 heteroatoms. The number of amides is 3. The molecule has 0 aliphatic carbocycles. The number of carbonyl (C=O) groups is 3. The van der Waals surface area contributed by atoms with Crippen molar-refractivity contribution >= 4 is 17.7 Å². The van der Waals surface area contributed by atoms with Gasteiger partial charge in [-0.15, -0.1) is 0 Å². The van der Waals surface area contributed by atoms with E-state index in [0.717, 1.165) is 19.3 Å². The fraction of sp³-hybridized carbons (Fsp3) is 0.833. The van der Waals surface area contributed by atoms with Gasteiger partial charge in [-0.25, -0.2) is 0 Å². The van der Waals surface area contributed by atoms with Crippen LogP contribution in [0.3, 0.4) is 0 Å². The summed E-state index contributed by atoms with van der Waals surface area (Å²) in [5, 5.41) is 0. The van der Waals surface area contributed by atoms with Crippen molar-refractivity contribution in [2.45, 2.75) is 62.8 Å². The van der Waals surface area contributed by atoms with Gasteiger partial charge in [0.05, 0.1) is 32.3 Å². The first-order valence-electron chi connectivity index (χ1n) is 9.66. The van der Waals surface area contributed by atoms with Gasteiger partial charge in [-0.05, 0) is 32.1 Å². The summed E-state index contributed by atoms with van der Waals surface area (Å²) in [5.41, 5.74) is 5.57. The Morgan fingerprint density at radius 1 is 1.12 bits per heavy atom. The Bertz CT molecular complexity index is 618. The summed E-state index contributed by atoms with van der Waals surface area (Å²) in [4.78, 5) is 42.7. The van der Waals surface area contributed by atoms with E-state index in [9.17, 15) is 14.4 Å². The minimum Gasteiger partial charge on any atom is -0.368 e. The zero-order valence-electron chi connectivity index (χ0n) is 15.4. The fourth-order valence-electron chi connectivity index (χ4n) is 4.95. The highest BCUT2D eigenvalue weighted by Crippen LogP contribution is 2.35. The molecule has 4 aliphatic rings. The van der Waals surface area contributed by atoms with E-state index in [4.69, 9.17) is 10.5 Å². The van der Waals surface area contributed by atoms with Crippen LogP contribution in [-0.2, 0) is 19.1 Å². The molecular formula is C18H28N4O4. The van der Waals surface area contributed by atoms with E-state index in [1.807, 2.05) is 0 Å². The zero-order chi connectivity index (χ0) is 18.5. The zero-order valence-corrected chi connectivity index (χ0v) is 15.4. The molecule has 4 fully saturated rings. The number of nitrogens with two attached hydrogens (primary N) is 1. The van der Waals surface area contributed by atoms with Gasteiger partial charge in [0.1, 0.15) is 11.6 Å². The van der Waals surface area contributed by atoms with Gasteiger partial charge >= 0.3 is 0 Å². The van der Waals surface area contributed by atoms with Gasteiger partial charge in [-0.2, -0.15) is 0 Å². The topological polar surface area (TPSA) is 96.2 Å². The third-order valence-electron chi connectivity index (χ3n) is 6.38. The Kier molecular flexibility index (Phi) is 4.43. The van der Waals surface area contributed by atoms with Crippen LogP contribution in [0.25, 0.3) is 0 Å². The molecule has 0 bridgehead atoms. The molecule has 0 unspecified atom stereocenters. The SMILES string of the molecule is CC(=O)N1CCOC2(C1)CN(C(=O)[C@@H]1CC[C@@H]3CCC[C@H](N)C(=O)N31)C2. The van der Waals surface area contributed by atoms with Crippen molar-refractivity contribution in [2.24, 2.45) is 5.73 Å². The maximum atomic E-state index is 13.0. The van der Waals surface area contributed by atoms with Gasteiger partial charge in [0.15, 0.2) is 0 Å². The lowest BCUT2D eigenvalue weighted by Crippen LogP contribution is -2.73. The van der Waals surface area contributed by atoms with E-state index in [-0.39, 0.29) is 29.8 Å². The Morgan fingerprint density at radius 3 is 2.58 bits per heavy atom. The molecule has 3 amide bonds. The summed E-state index contributed by atoms with van der Waals surface area (Å²) in [6.07, 6.45) is 4.17. The number of fused-ring (bicyclic) bond motifs is 1. The Balaban J connectivity index is 1.41. The number of rotatable bonds is 1. The number of ether oxygens (including phenoxy) is 1. The van der Waals surface area contributed by atoms with Crippen molar-refractivity contribution in [1.82, 2.24) is 14.7 Å². The van der Waals surface area contributed by atoms with Gasteiger partial charge in [0, 0.05) is 19.5 Å². The van der Waals surface area contributed by atoms with Crippen LogP contribution in [0.2, 0.25) is 0 Å². The van der Waals surface area contributed by atoms with Crippen LogP contribution in [0.4, 0.5) is 0 Å². The molecule has 2 N–H and O–H groups in total. The summed E-state index contributed by atoms with van der Waals surface area (Å²) < 4.78 is 5.90. The third-order valence-corrected chi connectivity index (χ3v) is 6.38. The molecule has 0 aromatic carbocycles. The lowest BCUT2D eigenvalue weighted by molar-refractivity contribution is -0.196. The molecule has 4 heterocycles. The summed E-state index contributed by atoms with van der Waals surface area (Å²) in [6, 6.07) is -0.720. The summed E-state index contributed by atoms with van der Waals surface area (Å²) in [7, 11) is 0. The second-order valence-corrected chi connectivity index (χ2v) is 8.20. The van der Waals surface area contributed by atoms with E-state index in [0.29, 0.717) is 45.6 Å². The molecular weight excluding hydrogens is 336 g/mol. The van der Waals surface area contributed by atoms with Crippen LogP contribution >= 0.6 is 0 Å². The molecule has 26 heavy (non-hydrogen) atoms. The fourth-order valence-corrected chi connectivity index (χ4v) is 4.95. The van der Waals surface area contributed by atoms with Crippen LogP contribution in [0.1, 0.15) is 39.0 Å². The average Bonchev–Trinajstić information content (AvgIpc) is 2.96. The van der Waals surface area contributed by atoms with E-state index in [1.165, 1.54) is 0 Å². The van der Waals surface area contributed by atoms with Crippen molar-refractivity contribution in [3.63, 3.8) is 0 Å².